The molecule has 0 aliphatic heterocycles. The van der Waals surface area contributed by atoms with Gasteiger partial charge in [-0.2, -0.15) is 0 Å². The van der Waals surface area contributed by atoms with Gasteiger partial charge in [0.05, 0.1) is 12.2 Å². The van der Waals surface area contributed by atoms with Crippen LogP contribution in [0.4, 0.5) is 0 Å². The van der Waals surface area contributed by atoms with E-state index in [1.54, 1.807) is 0 Å². The lowest BCUT2D eigenvalue weighted by Gasteiger charge is -2.62. The Morgan fingerprint density at radius 2 is 1.46 bits per heavy atom. The van der Waals surface area contributed by atoms with Gasteiger partial charge in [0.1, 0.15) is 0 Å². The van der Waals surface area contributed by atoms with Gasteiger partial charge in [-0.05, 0) is 98.7 Å². The maximum atomic E-state index is 10.6. The Balaban J connectivity index is 1.62. The van der Waals surface area contributed by atoms with Crippen molar-refractivity contribution >= 4 is 0 Å². The number of nitrogens with two attached hydrogens (primary N) is 1. The summed E-state index contributed by atoms with van der Waals surface area (Å²) in [5.74, 6) is 3.37. The van der Waals surface area contributed by atoms with Crippen molar-refractivity contribution in [1.82, 2.24) is 0 Å². The van der Waals surface area contributed by atoms with E-state index in [1.807, 2.05) is 0 Å². The Morgan fingerprint density at radius 3 is 2.17 bits per heavy atom. The van der Waals surface area contributed by atoms with Crippen molar-refractivity contribution in [3.05, 3.63) is 0 Å². The van der Waals surface area contributed by atoms with E-state index in [-0.39, 0.29) is 5.41 Å². The number of rotatable bonds is 1. The van der Waals surface area contributed by atoms with Gasteiger partial charge in [0.25, 0.3) is 0 Å². The van der Waals surface area contributed by atoms with Crippen LogP contribution in [0, 0.1) is 40.4 Å². The van der Waals surface area contributed by atoms with Gasteiger partial charge in [-0.3, -0.25) is 0 Å². The second-order valence-electron chi connectivity index (χ2n) is 10.3. The molecule has 4 saturated carbocycles. The molecule has 4 N–H and O–H groups in total. The monoisotopic (exact) mass is 335 g/mol. The van der Waals surface area contributed by atoms with Gasteiger partial charge in [0, 0.05) is 6.04 Å². The molecule has 4 aliphatic rings. The summed E-state index contributed by atoms with van der Waals surface area (Å²) in [7, 11) is 0. The Kier molecular flexibility index (Phi) is 4.10. The van der Waals surface area contributed by atoms with Gasteiger partial charge in [-0.25, -0.2) is 0 Å². The fourth-order valence-corrected chi connectivity index (χ4v) is 8.22. The van der Waals surface area contributed by atoms with E-state index in [1.165, 1.54) is 32.1 Å². The van der Waals surface area contributed by atoms with Crippen molar-refractivity contribution in [3.63, 3.8) is 0 Å². The highest BCUT2D eigenvalue weighted by Crippen LogP contribution is 2.67. The Labute approximate surface area is 147 Å². The van der Waals surface area contributed by atoms with Gasteiger partial charge in [0.15, 0.2) is 0 Å². The number of hydrogen-bond acceptors (Lipinski definition) is 3. The predicted octanol–water partition coefficient (Wildman–Crippen LogP) is 3.32. The second kappa shape index (κ2) is 5.69. The predicted molar refractivity (Wildman–Crippen MR) is 96.3 cm³/mol. The number of hydrogen-bond donors (Lipinski definition) is 3. The van der Waals surface area contributed by atoms with Crippen molar-refractivity contribution in [2.75, 3.05) is 0 Å². The Morgan fingerprint density at radius 1 is 0.833 bits per heavy atom. The minimum Gasteiger partial charge on any atom is -0.390 e. The maximum absolute atomic E-state index is 10.6. The summed E-state index contributed by atoms with van der Waals surface area (Å²) in [6.45, 7) is 7.18. The normalized spacial score (nSPS) is 58.5. The third-order valence-electron chi connectivity index (χ3n) is 9.44. The van der Waals surface area contributed by atoms with Crippen LogP contribution in [0.25, 0.3) is 0 Å². The topological polar surface area (TPSA) is 66.5 Å². The van der Waals surface area contributed by atoms with E-state index in [2.05, 4.69) is 20.8 Å². The van der Waals surface area contributed by atoms with Crippen molar-refractivity contribution in [2.24, 2.45) is 46.2 Å². The molecule has 0 spiro atoms. The van der Waals surface area contributed by atoms with Crippen LogP contribution in [0.3, 0.4) is 0 Å². The number of aliphatic hydroxyl groups is 2. The third-order valence-corrected chi connectivity index (χ3v) is 9.44. The summed E-state index contributed by atoms with van der Waals surface area (Å²) in [6, 6.07) is 0.315. The van der Waals surface area contributed by atoms with Crippen LogP contribution in [-0.2, 0) is 0 Å². The van der Waals surface area contributed by atoms with Crippen molar-refractivity contribution in [1.29, 1.82) is 0 Å². The molecular weight excluding hydrogens is 298 g/mol. The average Bonchev–Trinajstić information content (AvgIpc) is 2.89. The molecule has 10 unspecified atom stereocenters. The molecule has 24 heavy (non-hydrogen) atoms. The van der Waals surface area contributed by atoms with Gasteiger partial charge >= 0.3 is 0 Å². The van der Waals surface area contributed by atoms with E-state index in [9.17, 15) is 10.2 Å². The van der Waals surface area contributed by atoms with E-state index < -0.39 is 12.2 Å². The highest BCUT2D eigenvalue weighted by Gasteiger charge is 2.61. The molecule has 0 aromatic heterocycles. The van der Waals surface area contributed by atoms with Gasteiger partial charge in [-0.15, -0.1) is 0 Å². The van der Waals surface area contributed by atoms with Gasteiger partial charge < -0.3 is 15.9 Å². The van der Waals surface area contributed by atoms with Crippen LogP contribution in [0.15, 0.2) is 0 Å². The molecule has 3 nitrogen and oxygen atoms in total. The first-order valence-corrected chi connectivity index (χ1v) is 10.4. The minimum atomic E-state index is -0.501. The highest BCUT2D eigenvalue weighted by atomic mass is 16.3. The lowest BCUT2D eigenvalue weighted by atomic mass is 9.44. The van der Waals surface area contributed by atoms with Crippen LogP contribution >= 0.6 is 0 Å². The van der Waals surface area contributed by atoms with Crippen LogP contribution in [0.1, 0.15) is 72.1 Å². The Hall–Kier alpha value is -0.120. The molecule has 0 radical (unpaired) electrons. The zero-order valence-corrected chi connectivity index (χ0v) is 15.7. The lowest BCUT2D eigenvalue weighted by Crippen LogP contribution is -2.58. The zero-order valence-electron chi connectivity index (χ0n) is 15.7. The van der Waals surface area contributed by atoms with Crippen molar-refractivity contribution in [2.45, 2.75) is 90.4 Å². The molecule has 0 amide bonds. The molecule has 3 heteroatoms. The van der Waals surface area contributed by atoms with Crippen molar-refractivity contribution < 1.29 is 10.2 Å². The second-order valence-corrected chi connectivity index (χ2v) is 10.3. The maximum Gasteiger partial charge on any atom is 0.0832 e. The zero-order chi connectivity index (χ0) is 17.3. The summed E-state index contributed by atoms with van der Waals surface area (Å²) in [5.41, 5.74) is 7.03. The molecule has 4 rings (SSSR count). The van der Waals surface area contributed by atoms with Gasteiger partial charge in [0.2, 0.25) is 0 Å². The van der Waals surface area contributed by atoms with E-state index >= 15 is 0 Å². The van der Waals surface area contributed by atoms with Crippen LogP contribution in [0.2, 0.25) is 0 Å². The molecule has 10 atom stereocenters. The quantitative estimate of drug-likeness (QED) is 0.688. The number of fused-ring (bicyclic) bond motifs is 5. The summed E-state index contributed by atoms with van der Waals surface area (Å²) in [5, 5.41) is 20.8. The molecule has 0 heterocycles. The largest absolute Gasteiger partial charge is 0.390 e. The molecule has 0 aromatic rings. The molecule has 138 valence electrons. The van der Waals surface area contributed by atoms with Gasteiger partial charge in [-0.1, -0.05) is 13.8 Å². The first-order chi connectivity index (χ1) is 11.3. The van der Waals surface area contributed by atoms with Crippen LogP contribution in [0.5, 0.6) is 0 Å². The minimum absolute atomic E-state index is 0.231. The molecule has 4 fully saturated rings. The first-order valence-electron chi connectivity index (χ1n) is 10.4. The number of aliphatic hydroxyl groups excluding tert-OH is 2. The van der Waals surface area contributed by atoms with E-state index in [4.69, 9.17) is 5.73 Å². The average molecular weight is 336 g/mol. The summed E-state index contributed by atoms with van der Waals surface area (Å²) in [6.07, 6.45) is 8.51. The fraction of sp³-hybridized carbons (Fsp3) is 1.00. The van der Waals surface area contributed by atoms with E-state index in [0.29, 0.717) is 23.3 Å². The molecule has 0 bridgehead atoms. The SMILES string of the molecule is CC(N)C1CCC2C3CCC4C(O)C(O)CCC4(C)C3CCC12C. The standard InChI is InChI=1S/C21H37NO2/c1-12(22)14-6-7-15-13-4-5-17-19(24)18(23)9-11-21(17,3)16(13)8-10-20(14,15)2/h12-19,23-24H,4-11,22H2,1-3H3. The van der Waals surface area contributed by atoms with Crippen LogP contribution in [-0.4, -0.2) is 28.5 Å². The first kappa shape index (κ1) is 17.3. The molecule has 4 aliphatic carbocycles. The Bertz CT molecular complexity index is 494. The van der Waals surface area contributed by atoms with E-state index in [0.717, 1.165) is 37.0 Å². The third kappa shape index (κ3) is 2.20. The fourth-order valence-electron chi connectivity index (χ4n) is 8.22. The van der Waals surface area contributed by atoms with Crippen LogP contribution < -0.4 is 5.73 Å². The molecular formula is C21H37NO2. The summed E-state index contributed by atoms with van der Waals surface area (Å²) < 4.78 is 0. The lowest BCUT2D eigenvalue weighted by molar-refractivity contribution is -0.173. The molecule has 0 saturated heterocycles. The molecule has 0 aromatic carbocycles. The van der Waals surface area contributed by atoms with Crippen molar-refractivity contribution in [3.8, 4) is 0 Å². The summed E-state index contributed by atoms with van der Waals surface area (Å²) >= 11 is 0. The summed E-state index contributed by atoms with van der Waals surface area (Å²) in [4.78, 5) is 0. The smallest absolute Gasteiger partial charge is 0.0832 e. The highest BCUT2D eigenvalue weighted by molar-refractivity contribution is 5.11.